The summed E-state index contributed by atoms with van der Waals surface area (Å²) >= 11 is 5.96. The van der Waals surface area contributed by atoms with Crippen LogP contribution in [0.15, 0.2) is 12.3 Å². The monoisotopic (exact) mass is 289 g/mol. The highest BCUT2D eigenvalue weighted by Gasteiger charge is 2.41. The van der Waals surface area contributed by atoms with Gasteiger partial charge in [0.05, 0.1) is 5.69 Å². The Kier molecular flexibility index (Phi) is 2.64. The zero-order chi connectivity index (χ0) is 13.7. The van der Waals surface area contributed by atoms with Crippen LogP contribution in [0.3, 0.4) is 0 Å². The molecular formula is C15H16ClN3O. The highest BCUT2D eigenvalue weighted by atomic mass is 35.5. The Hall–Kier alpha value is -1.42. The van der Waals surface area contributed by atoms with Gasteiger partial charge >= 0.3 is 0 Å². The molecule has 0 bridgehead atoms. The average molecular weight is 290 g/mol. The number of hydrogen-bond donors (Lipinski definition) is 0. The molecule has 20 heavy (non-hydrogen) atoms. The minimum atomic E-state index is 0.0704. The molecule has 104 valence electrons. The first-order chi connectivity index (χ1) is 9.70. The van der Waals surface area contributed by atoms with Gasteiger partial charge in [0.2, 0.25) is 5.28 Å². The molecule has 2 aliphatic rings. The van der Waals surface area contributed by atoms with Crippen molar-refractivity contribution in [3.63, 3.8) is 0 Å². The molecule has 1 spiro atoms. The van der Waals surface area contributed by atoms with Crippen molar-refractivity contribution in [1.82, 2.24) is 14.5 Å². The number of halogens is 1. The Labute approximate surface area is 122 Å². The Morgan fingerprint density at radius 2 is 2.00 bits per heavy atom. The minimum absolute atomic E-state index is 0.0704. The molecule has 0 unspecified atom stereocenters. The van der Waals surface area contributed by atoms with Gasteiger partial charge in [0, 0.05) is 23.5 Å². The lowest BCUT2D eigenvalue weighted by molar-refractivity contribution is 0.0852. The van der Waals surface area contributed by atoms with Crippen LogP contribution in [0.25, 0.3) is 11.0 Å². The smallest absolute Gasteiger partial charge is 0.224 e. The van der Waals surface area contributed by atoms with Gasteiger partial charge in [-0.15, -0.1) is 0 Å². The number of nitrogens with zero attached hydrogens (tertiary/aromatic N) is 3. The van der Waals surface area contributed by atoms with E-state index in [1.807, 2.05) is 6.07 Å². The number of carbonyl (C=O) groups excluding carboxylic acids is 1. The molecule has 0 aromatic carbocycles. The maximum absolute atomic E-state index is 12.3. The van der Waals surface area contributed by atoms with Crippen LogP contribution < -0.4 is 0 Å². The number of rotatable bonds is 0. The van der Waals surface area contributed by atoms with Gasteiger partial charge in [-0.25, -0.2) is 4.98 Å². The van der Waals surface area contributed by atoms with Crippen molar-refractivity contribution in [2.75, 3.05) is 0 Å². The first-order valence-corrected chi connectivity index (χ1v) is 7.65. The average Bonchev–Trinajstić information content (AvgIpc) is 2.85. The lowest BCUT2D eigenvalue weighted by atomic mass is 9.75. The molecule has 0 amide bonds. The molecule has 0 atom stereocenters. The van der Waals surface area contributed by atoms with Crippen LogP contribution in [0.5, 0.6) is 0 Å². The van der Waals surface area contributed by atoms with Crippen molar-refractivity contribution in [3.8, 4) is 0 Å². The van der Waals surface area contributed by atoms with Gasteiger partial charge in [-0.1, -0.05) is 19.3 Å². The van der Waals surface area contributed by atoms with Crippen LogP contribution in [-0.4, -0.2) is 20.3 Å². The lowest BCUT2D eigenvalue weighted by Crippen LogP contribution is -2.41. The predicted molar refractivity (Wildman–Crippen MR) is 77.2 cm³/mol. The second-order valence-electron chi connectivity index (χ2n) is 5.99. The van der Waals surface area contributed by atoms with E-state index in [-0.39, 0.29) is 16.6 Å². The molecular weight excluding hydrogens is 274 g/mol. The zero-order valence-corrected chi connectivity index (χ0v) is 12.0. The Bertz CT molecular complexity index is 700. The molecule has 0 N–H and O–H groups in total. The Morgan fingerprint density at radius 3 is 2.80 bits per heavy atom. The summed E-state index contributed by atoms with van der Waals surface area (Å²) in [4.78, 5) is 20.7. The molecule has 5 heteroatoms. The summed E-state index contributed by atoms with van der Waals surface area (Å²) in [5.74, 6) is 0.218. The molecule has 2 aromatic heterocycles. The van der Waals surface area contributed by atoms with E-state index in [2.05, 4.69) is 14.5 Å². The first-order valence-electron chi connectivity index (χ1n) is 7.27. The van der Waals surface area contributed by atoms with E-state index < -0.39 is 0 Å². The number of aromatic nitrogens is 3. The van der Waals surface area contributed by atoms with E-state index in [0.717, 1.165) is 36.0 Å². The molecule has 1 saturated carbocycles. The zero-order valence-electron chi connectivity index (χ0n) is 11.2. The van der Waals surface area contributed by atoms with Gasteiger partial charge < -0.3 is 4.57 Å². The second-order valence-corrected chi connectivity index (χ2v) is 6.33. The number of ketones is 1. The van der Waals surface area contributed by atoms with Gasteiger partial charge in [-0.05, 0) is 36.9 Å². The van der Waals surface area contributed by atoms with Gasteiger partial charge in [0.1, 0.15) is 5.65 Å². The second kappa shape index (κ2) is 4.29. The van der Waals surface area contributed by atoms with Crippen molar-refractivity contribution >= 4 is 28.4 Å². The quantitative estimate of drug-likeness (QED) is 0.695. The third kappa shape index (κ3) is 1.64. The van der Waals surface area contributed by atoms with E-state index in [0.29, 0.717) is 6.42 Å². The van der Waals surface area contributed by atoms with E-state index in [1.165, 1.54) is 19.3 Å². The van der Waals surface area contributed by atoms with Gasteiger partial charge in [-0.2, -0.15) is 4.98 Å². The topological polar surface area (TPSA) is 47.8 Å². The van der Waals surface area contributed by atoms with E-state index in [9.17, 15) is 4.79 Å². The van der Waals surface area contributed by atoms with E-state index >= 15 is 0 Å². The van der Waals surface area contributed by atoms with Crippen LogP contribution in [-0.2, 0) is 5.54 Å². The minimum Gasteiger partial charge on any atom is -0.316 e. The fraction of sp³-hybridized carbons (Fsp3) is 0.533. The molecule has 3 heterocycles. The summed E-state index contributed by atoms with van der Waals surface area (Å²) < 4.78 is 2.18. The molecule has 1 aliphatic carbocycles. The van der Waals surface area contributed by atoms with Crippen molar-refractivity contribution in [2.45, 2.75) is 50.5 Å². The van der Waals surface area contributed by atoms with Gasteiger partial charge in [0.25, 0.3) is 0 Å². The number of hydrogen-bond acceptors (Lipinski definition) is 3. The Balaban J connectivity index is 2.01. The number of fused-ring (bicyclic) bond motifs is 4. The Morgan fingerprint density at radius 1 is 1.20 bits per heavy atom. The maximum Gasteiger partial charge on any atom is 0.224 e. The molecule has 0 radical (unpaired) electrons. The molecule has 4 nitrogen and oxygen atoms in total. The number of carbonyl (C=O) groups is 1. The maximum atomic E-state index is 12.3. The van der Waals surface area contributed by atoms with Crippen LogP contribution in [0.4, 0.5) is 0 Å². The van der Waals surface area contributed by atoms with Crippen LogP contribution in [0.2, 0.25) is 5.28 Å². The molecule has 0 saturated heterocycles. The van der Waals surface area contributed by atoms with Gasteiger partial charge in [-0.3, -0.25) is 4.79 Å². The SMILES string of the molecule is O=C1CCC2(CCCCC2)n2c1cc1cnc(Cl)nc12. The first kappa shape index (κ1) is 12.3. The van der Waals surface area contributed by atoms with E-state index in [1.54, 1.807) is 6.20 Å². The highest BCUT2D eigenvalue weighted by molar-refractivity contribution is 6.28. The highest BCUT2D eigenvalue weighted by Crippen LogP contribution is 2.45. The molecule has 2 aromatic rings. The van der Waals surface area contributed by atoms with Gasteiger partial charge in [0.15, 0.2) is 5.78 Å². The van der Waals surface area contributed by atoms with Crippen LogP contribution >= 0.6 is 11.6 Å². The van der Waals surface area contributed by atoms with Crippen molar-refractivity contribution < 1.29 is 4.79 Å². The molecule has 1 fully saturated rings. The van der Waals surface area contributed by atoms with Crippen molar-refractivity contribution in [1.29, 1.82) is 0 Å². The summed E-state index contributed by atoms with van der Waals surface area (Å²) in [6.45, 7) is 0. The molecule has 1 aliphatic heterocycles. The summed E-state index contributed by atoms with van der Waals surface area (Å²) in [5.41, 5.74) is 1.70. The summed E-state index contributed by atoms with van der Waals surface area (Å²) in [5, 5.41) is 1.17. The largest absolute Gasteiger partial charge is 0.316 e. The summed E-state index contributed by atoms with van der Waals surface area (Å²) in [6, 6.07) is 1.93. The standard InChI is InChI=1S/C15H16ClN3O/c16-14-17-9-10-8-11-12(20)4-7-15(5-2-1-3-6-15)19(11)13(10)18-14/h8-9H,1-7H2. The third-order valence-corrected chi connectivity index (χ3v) is 5.06. The summed E-state index contributed by atoms with van der Waals surface area (Å²) in [6.07, 6.45) is 9.33. The van der Waals surface area contributed by atoms with Crippen LogP contribution in [0, 0.1) is 0 Å². The van der Waals surface area contributed by atoms with Crippen molar-refractivity contribution in [2.24, 2.45) is 0 Å². The normalized spacial score (nSPS) is 21.4. The fourth-order valence-electron chi connectivity index (χ4n) is 3.92. The third-order valence-electron chi connectivity index (χ3n) is 4.87. The summed E-state index contributed by atoms with van der Waals surface area (Å²) in [7, 11) is 0. The molecule has 4 rings (SSSR count). The van der Waals surface area contributed by atoms with Crippen LogP contribution in [0.1, 0.15) is 55.4 Å². The van der Waals surface area contributed by atoms with E-state index in [4.69, 9.17) is 11.6 Å². The fourth-order valence-corrected chi connectivity index (χ4v) is 4.05. The number of Topliss-reactive ketones (excluding diaryl/α,β-unsaturated/α-hetero) is 1. The van der Waals surface area contributed by atoms with Crippen molar-refractivity contribution in [3.05, 3.63) is 23.2 Å². The lowest BCUT2D eigenvalue weighted by Gasteiger charge is -2.42. The predicted octanol–water partition coefficient (Wildman–Crippen LogP) is 3.72.